The normalized spacial score (nSPS) is 11.4. The van der Waals surface area contributed by atoms with Crippen LogP contribution in [0.4, 0.5) is 0 Å². The Hall–Kier alpha value is -0.974. The first-order valence-corrected chi connectivity index (χ1v) is 17.0. The Morgan fingerprint density at radius 1 is 0.513 bits per heavy atom. The summed E-state index contributed by atoms with van der Waals surface area (Å²) < 4.78 is 65.4. The van der Waals surface area contributed by atoms with E-state index in [1.807, 2.05) is 12.1 Å². The molecule has 0 heterocycles. The summed E-state index contributed by atoms with van der Waals surface area (Å²) in [5, 5.41) is 0. The monoisotopic (exact) mass is 590 g/mol. The fourth-order valence-corrected chi connectivity index (χ4v) is 5.37. The molecule has 0 saturated carbocycles. The average Bonchev–Trinajstić information content (AvgIpc) is 2.87. The molecule has 0 aliphatic heterocycles. The van der Waals surface area contributed by atoms with Crippen LogP contribution >= 0.6 is 0 Å². The largest absolute Gasteiger partial charge is 2.00 e. The molecular formula is C30H46MgO6S2. The van der Waals surface area contributed by atoms with Gasteiger partial charge in [0.25, 0.3) is 0 Å². The van der Waals surface area contributed by atoms with Crippen LogP contribution in [0.5, 0.6) is 0 Å². The van der Waals surface area contributed by atoms with Crippen molar-refractivity contribution in [3.8, 4) is 0 Å². The minimum Gasteiger partial charge on any atom is -0.744 e. The fraction of sp³-hybridized carbons (Fsp3) is 0.600. The van der Waals surface area contributed by atoms with Crippen molar-refractivity contribution >= 4 is 43.3 Å². The second kappa shape index (κ2) is 21.7. The molecule has 216 valence electrons. The first-order valence-electron chi connectivity index (χ1n) is 14.2. The summed E-state index contributed by atoms with van der Waals surface area (Å²) in [6.45, 7) is 4.41. The van der Waals surface area contributed by atoms with Crippen molar-refractivity contribution in [2.75, 3.05) is 0 Å². The molecule has 0 aliphatic rings. The van der Waals surface area contributed by atoms with Gasteiger partial charge in [0.1, 0.15) is 20.2 Å². The molecule has 0 N–H and O–H groups in total. The number of hydrogen-bond donors (Lipinski definition) is 0. The molecule has 2 rings (SSSR count). The van der Waals surface area contributed by atoms with Gasteiger partial charge in [0, 0.05) is 0 Å². The molecule has 0 spiro atoms. The predicted molar refractivity (Wildman–Crippen MR) is 158 cm³/mol. The predicted octanol–water partition coefficient (Wildman–Crippen LogP) is 7.39. The summed E-state index contributed by atoms with van der Waals surface area (Å²) in [6, 6.07) is 12.8. The standard InChI is InChI=1S/2C15H24O3S.Mg/c2*1-2-3-4-5-6-7-8-10-14-11-9-12-15(13-14)19(16,17)18;/h2*9,11-13H,2-8,10H2,1H3,(H,16,17,18);/q;;+2/p-2. The Morgan fingerprint density at radius 3 is 1.13 bits per heavy atom. The van der Waals surface area contributed by atoms with Crippen molar-refractivity contribution in [3.05, 3.63) is 59.7 Å². The maximum absolute atomic E-state index is 10.9. The zero-order valence-corrected chi connectivity index (χ0v) is 27.0. The van der Waals surface area contributed by atoms with Gasteiger partial charge in [-0.15, -0.1) is 0 Å². The topological polar surface area (TPSA) is 114 Å². The smallest absolute Gasteiger partial charge is 0.744 e. The van der Waals surface area contributed by atoms with Crippen LogP contribution in [0.15, 0.2) is 58.3 Å². The van der Waals surface area contributed by atoms with Gasteiger partial charge in [-0.25, -0.2) is 16.8 Å². The number of aryl methyl sites for hydroxylation is 2. The van der Waals surface area contributed by atoms with Crippen LogP contribution in [0.3, 0.4) is 0 Å². The molecule has 2 aromatic carbocycles. The summed E-state index contributed by atoms with van der Waals surface area (Å²) in [6.07, 6.45) is 18.9. The third kappa shape index (κ3) is 18.9. The van der Waals surface area contributed by atoms with E-state index >= 15 is 0 Å². The number of hydrogen-bond acceptors (Lipinski definition) is 6. The van der Waals surface area contributed by atoms with Gasteiger partial charge in [0.15, 0.2) is 0 Å². The quantitative estimate of drug-likeness (QED) is 0.102. The summed E-state index contributed by atoms with van der Waals surface area (Å²) >= 11 is 0. The molecule has 0 radical (unpaired) electrons. The molecule has 0 saturated heterocycles. The third-order valence-electron chi connectivity index (χ3n) is 6.51. The van der Waals surface area contributed by atoms with Gasteiger partial charge >= 0.3 is 23.1 Å². The van der Waals surface area contributed by atoms with Gasteiger partial charge in [-0.2, -0.15) is 0 Å². The van der Waals surface area contributed by atoms with Crippen molar-refractivity contribution in [2.45, 2.75) is 126 Å². The Morgan fingerprint density at radius 2 is 0.821 bits per heavy atom. The summed E-state index contributed by atoms with van der Waals surface area (Å²) in [7, 11) is -8.64. The number of rotatable bonds is 18. The molecule has 0 amide bonds. The van der Waals surface area contributed by atoms with Crippen LogP contribution in [0.2, 0.25) is 0 Å². The van der Waals surface area contributed by atoms with E-state index in [1.54, 1.807) is 12.1 Å². The number of unbranched alkanes of at least 4 members (excludes halogenated alkanes) is 12. The molecule has 0 aliphatic carbocycles. The van der Waals surface area contributed by atoms with Crippen molar-refractivity contribution in [2.24, 2.45) is 0 Å². The molecule has 0 fully saturated rings. The first-order chi connectivity index (χ1) is 18.1. The van der Waals surface area contributed by atoms with Gasteiger partial charge in [0.2, 0.25) is 0 Å². The van der Waals surface area contributed by atoms with Gasteiger partial charge in [-0.1, -0.05) is 115 Å². The Kier molecular flexibility index (Phi) is 21.2. The van der Waals surface area contributed by atoms with Crippen LogP contribution in [0.25, 0.3) is 0 Å². The Bertz CT molecular complexity index is 1030. The molecule has 0 unspecified atom stereocenters. The summed E-state index contributed by atoms with van der Waals surface area (Å²) in [5.41, 5.74) is 1.87. The summed E-state index contributed by atoms with van der Waals surface area (Å²) in [5.74, 6) is 0. The van der Waals surface area contributed by atoms with Crippen molar-refractivity contribution in [1.82, 2.24) is 0 Å². The molecule has 0 aromatic heterocycles. The Labute approximate surface area is 254 Å². The summed E-state index contributed by atoms with van der Waals surface area (Å²) in [4.78, 5) is -0.235. The average molecular weight is 591 g/mol. The minimum absolute atomic E-state index is 0. The maximum Gasteiger partial charge on any atom is 2.00 e. The minimum atomic E-state index is -4.32. The van der Waals surface area contributed by atoms with E-state index in [2.05, 4.69) is 13.8 Å². The maximum atomic E-state index is 10.9. The molecule has 0 atom stereocenters. The van der Waals surface area contributed by atoms with Crippen molar-refractivity contribution in [3.63, 3.8) is 0 Å². The zero-order valence-electron chi connectivity index (χ0n) is 23.9. The third-order valence-corrected chi connectivity index (χ3v) is 8.17. The van der Waals surface area contributed by atoms with Gasteiger partial charge < -0.3 is 9.11 Å². The van der Waals surface area contributed by atoms with Gasteiger partial charge in [0.05, 0.1) is 9.79 Å². The second-order valence-corrected chi connectivity index (χ2v) is 12.7. The van der Waals surface area contributed by atoms with E-state index in [0.717, 1.165) is 49.7 Å². The molecule has 0 bridgehead atoms. The number of benzene rings is 2. The van der Waals surface area contributed by atoms with Crippen LogP contribution in [-0.2, 0) is 33.1 Å². The van der Waals surface area contributed by atoms with E-state index in [4.69, 9.17) is 0 Å². The second-order valence-electron chi connectivity index (χ2n) is 9.95. The van der Waals surface area contributed by atoms with E-state index in [1.165, 1.54) is 88.5 Å². The van der Waals surface area contributed by atoms with Crippen LogP contribution in [0.1, 0.15) is 115 Å². The van der Waals surface area contributed by atoms with Crippen LogP contribution in [-0.4, -0.2) is 49.0 Å². The molecule has 6 nitrogen and oxygen atoms in total. The molecule has 2 aromatic rings. The molecular weight excluding hydrogens is 545 g/mol. The van der Waals surface area contributed by atoms with E-state index in [0.29, 0.717) is 0 Å². The van der Waals surface area contributed by atoms with E-state index in [9.17, 15) is 25.9 Å². The fourth-order valence-electron chi connectivity index (χ4n) is 4.29. The van der Waals surface area contributed by atoms with Gasteiger partial charge in [-0.3, -0.25) is 0 Å². The SMILES string of the molecule is CCCCCCCCCc1cccc(S(=O)(=O)[O-])c1.CCCCCCCCCc1cccc(S(=O)(=O)[O-])c1.[Mg+2]. The zero-order chi connectivity index (χ0) is 28.3. The Balaban J connectivity index is 0.000000722. The van der Waals surface area contributed by atoms with Crippen LogP contribution < -0.4 is 0 Å². The molecule has 39 heavy (non-hydrogen) atoms. The van der Waals surface area contributed by atoms with Crippen molar-refractivity contribution in [1.29, 1.82) is 0 Å². The van der Waals surface area contributed by atoms with Crippen molar-refractivity contribution < 1.29 is 25.9 Å². The van der Waals surface area contributed by atoms with E-state index in [-0.39, 0.29) is 32.8 Å². The molecule has 9 heteroatoms. The first kappa shape index (κ1) is 38.0. The van der Waals surface area contributed by atoms with E-state index < -0.39 is 20.2 Å². The van der Waals surface area contributed by atoms with Crippen LogP contribution in [0, 0.1) is 0 Å². The van der Waals surface area contributed by atoms with Gasteiger partial charge in [-0.05, 0) is 61.1 Å².